The third-order valence-electron chi connectivity index (χ3n) is 7.72. The van der Waals surface area contributed by atoms with E-state index in [1.165, 1.54) is 0 Å². The highest BCUT2D eigenvalue weighted by Gasteiger charge is 2.41. The number of anilines is 1. The van der Waals surface area contributed by atoms with Crippen LogP contribution in [0.3, 0.4) is 0 Å². The van der Waals surface area contributed by atoms with E-state index in [9.17, 15) is 19.8 Å². The number of ether oxygens (including phenoxy) is 1. The van der Waals surface area contributed by atoms with Crippen LogP contribution in [-0.4, -0.2) is 37.2 Å². The largest absolute Gasteiger partial charge is 0.507 e. The summed E-state index contributed by atoms with van der Waals surface area (Å²) in [6, 6.07) is 14.5. The number of benzene rings is 3. The van der Waals surface area contributed by atoms with Crippen LogP contribution in [-0.2, 0) is 16.0 Å². The molecule has 1 aliphatic rings. The van der Waals surface area contributed by atoms with E-state index < -0.39 is 17.6 Å². The van der Waals surface area contributed by atoms with Crippen molar-refractivity contribution in [3.05, 3.63) is 82.7 Å². The molecule has 1 aliphatic heterocycles. The third kappa shape index (κ3) is 4.36. The Morgan fingerprint density at radius 1 is 1.11 bits per heavy atom. The minimum absolute atomic E-state index is 0.0821. The molecule has 196 valence electrons. The van der Waals surface area contributed by atoms with E-state index in [0.717, 1.165) is 33.3 Å². The highest BCUT2D eigenvalue weighted by Crippen LogP contribution is 2.43. The van der Waals surface area contributed by atoms with E-state index in [2.05, 4.69) is 10.3 Å². The molecule has 0 saturated carbocycles. The number of hydrogen-bond donors (Lipinski definition) is 3. The van der Waals surface area contributed by atoms with E-state index in [1.54, 1.807) is 25.4 Å². The summed E-state index contributed by atoms with van der Waals surface area (Å²) in [4.78, 5) is 29.5. The van der Waals surface area contributed by atoms with E-state index in [-0.39, 0.29) is 18.1 Å². The predicted molar refractivity (Wildman–Crippen MR) is 145 cm³/mol. The van der Waals surface area contributed by atoms with Gasteiger partial charge in [0.05, 0.1) is 29.8 Å². The van der Waals surface area contributed by atoms with Gasteiger partial charge in [0, 0.05) is 17.7 Å². The summed E-state index contributed by atoms with van der Waals surface area (Å²) in [5.41, 5.74) is 5.12. The Morgan fingerprint density at radius 2 is 1.84 bits per heavy atom. The zero-order valence-electron chi connectivity index (χ0n) is 21.9. The quantitative estimate of drug-likeness (QED) is 0.316. The molecular formula is C30H31N3O5. The van der Waals surface area contributed by atoms with Crippen LogP contribution in [0.4, 0.5) is 5.69 Å². The van der Waals surface area contributed by atoms with E-state index in [1.807, 2.05) is 61.7 Å². The molecule has 5 rings (SSSR count). The van der Waals surface area contributed by atoms with Crippen molar-refractivity contribution in [3.63, 3.8) is 0 Å². The lowest BCUT2D eigenvalue weighted by atomic mass is 9.86. The summed E-state index contributed by atoms with van der Waals surface area (Å²) in [5, 5.41) is 22.9. The molecule has 1 aromatic heterocycles. The molecule has 1 amide bonds. The number of rotatable bonds is 6. The lowest BCUT2D eigenvalue weighted by Gasteiger charge is -2.36. The van der Waals surface area contributed by atoms with Gasteiger partial charge in [0.1, 0.15) is 11.5 Å². The summed E-state index contributed by atoms with van der Waals surface area (Å²) < 4.78 is 8.17. The average Bonchev–Trinajstić information content (AvgIpc) is 3.32. The third-order valence-corrected chi connectivity index (χ3v) is 7.72. The van der Waals surface area contributed by atoms with Crippen molar-refractivity contribution < 1.29 is 24.5 Å². The number of aliphatic carboxylic acids is 1. The van der Waals surface area contributed by atoms with Crippen molar-refractivity contribution in [1.29, 1.82) is 0 Å². The summed E-state index contributed by atoms with van der Waals surface area (Å²) in [5.74, 6) is -0.217. The fraction of sp³-hybridized carbons (Fsp3) is 0.300. The minimum atomic E-state index is -1.08. The average molecular weight is 514 g/mol. The Hall–Kier alpha value is -4.33. The second-order valence-electron chi connectivity index (χ2n) is 10.2. The first-order valence-corrected chi connectivity index (χ1v) is 12.6. The second-order valence-corrected chi connectivity index (χ2v) is 10.2. The summed E-state index contributed by atoms with van der Waals surface area (Å²) >= 11 is 0. The lowest BCUT2D eigenvalue weighted by Crippen LogP contribution is -2.48. The molecule has 4 aromatic rings. The molecule has 2 heterocycles. The number of imidazole rings is 1. The Bertz CT molecular complexity index is 1560. The number of fused-ring (bicyclic) bond motifs is 2. The van der Waals surface area contributed by atoms with E-state index in [4.69, 9.17) is 4.74 Å². The van der Waals surface area contributed by atoms with Gasteiger partial charge in [0.25, 0.3) is 5.91 Å². The summed E-state index contributed by atoms with van der Waals surface area (Å²) in [6.07, 6.45) is 2.65. The number of phenols is 1. The topological polar surface area (TPSA) is 114 Å². The Balaban J connectivity index is 1.41. The molecule has 8 heteroatoms. The molecule has 2 unspecified atom stereocenters. The molecular weight excluding hydrogens is 482 g/mol. The minimum Gasteiger partial charge on any atom is -0.507 e. The summed E-state index contributed by atoms with van der Waals surface area (Å²) in [6.45, 7) is 7.40. The number of carbonyl (C=O) groups is 2. The first kappa shape index (κ1) is 25.3. The van der Waals surface area contributed by atoms with Crippen LogP contribution < -0.4 is 10.1 Å². The maximum atomic E-state index is 13.4. The maximum absolute atomic E-state index is 13.4. The van der Waals surface area contributed by atoms with Gasteiger partial charge in [-0.2, -0.15) is 0 Å². The maximum Gasteiger partial charge on any atom is 0.305 e. The van der Waals surface area contributed by atoms with Crippen molar-refractivity contribution in [2.75, 3.05) is 5.32 Å². The van der Waals surface area contributed by atoms with Gasteiger partial charge in [0.15, 0.2) is 5.60 Å². The zero-order chi connectivity index (χ0) is 27.2. The Kier molecular flexibility index (Phi) is 6.34. The molecule has 0 fully saturated rings. The predicted octanol–water partition coefficient (Wildman–Crippen LogP) is 5.45. The standard InChI is InChI=1S/C30H31N3O5/c1-17-18(2)28-22(19(3)27(17)36)12-13-30(4,38-28)29(37)32-21-10-11-24-23(14-21)31-16-33(24)25(15-26(34)35)20-8-6-5-7-9-20/h5-11,14,16,25,36H,12-13,15H2,1-4H3,(H,32,37)(H,34,35). The van der Waals surface area contributed by atoms with Crippen LogP contribution in [0, 0.1) is 20.8 Å². The fourth-order valence-electron chi connectivity index (χ4n) is 5.25. The lowest BCUT2D eigenvalue weighted by molar-refractivity contribution is -0.137. The molecule has 0 aliphatic carbocycles. The zero-order valence-corrected chi connectivity index (χ0v) is 21.9. The van der Waals surface area contributed by atoms with Crippen molar-refractivity contribution in [3.8, 4) is 11.5 Å². The molecule has 3 N–H and O–H groups in total. The number of aromatic nitrogens is 2. The van der Waals surface area contributed by atoms with Gasteiger partial charge in [-0.1, -0.05) is 30.3 Å². The summed E-state index contributed by atoms with van der Waals surface area (Å²) in [7, 11) is 0. The number of hydrogen-bond acceptors (Lipinski definition) is 5. The molecule has 0 spiro atoms. The normalized spacial score (nSPS) is 17.5. The highest BCUT2D eigenvalue weighted by molar-refractivity contribution is 5.99. The molecule has 0 radical (unpaired) electrons. The first-order chi connectivity index (χ1) is 18.1. The van der Waals surface area contributed by atoms with Crippen molar-refractivity contribution in [1.82, 2.24) is 9.55 Å². The fourth-order valence-corrected chi connectivity index (χ4v) is 5.25. The van der Waals surface area contributed by atoms with Crippen LogP contribution >= 0.6 is 0 Å². The molecule has 2 atom stereocenters. The molecule has 8 nitrogen and oxygen atoms in total. The highest BCUT2D eigenvalue weighted by atomic mass is 16.5. The van der Waals surface area contributed by atoms with Crippen molar-refractivity contribution >= 4 is 28.6 Å². The first-order valence-electron chi connectivity index (χ1n) is 12.6. The van der Waals surface area contributed by atoms with E-state index >= 15 is 0 Å². The number of carbonyl (C=O) groups excluding carboxylic acids is 1. The van der Waals surface area contributed by atoms with E-state index in [0.29, 0.717) is 29.8 Å². The number of phenolic OH excluding ortho intramolecular Hbond substituents is 1. The number of carboxylic acids is 1. The SMILES string of the molecule is Cc1c(C)c2c(c(C)c1O)CCC(C)(C(=O)Nc1ccc3c(c1)ncn3C(CC(=O)O)c1ccccc1)O2. The van der Waals surface area contributed by atoms with Crippen molar-refractivity contribution in [2.45, 2.75) is 58.6 Å². The second kappa shape index (κ2) is 9.52. The Morgan fingerprint density at radius 3 is 2.55 bits per heavy atom. The van der Waals surface area contributed by atoms with Gasteiger partial charge in [-0.25, -0.2) is 4.98 Å². The van der Waals surface area contributed by atoms with Crippen molar-refractivity contribution in [2.24, 2.45) is 0 Å². The van der Waals surface area contributed by atoms with Gasteiger partial charge < -0.3 is 24.8 Å². The number of aromatic hydroxyl groups is 1. The van der Waals surface area contributed by atoms with Crippen LogP contribution in [0.5, 0.6) is 11.5 Å². The van der Waals surface area contributed by atoms with Crippen LogP contribution in [0.1, 0.15) is 53.6 Å². The number of carboxylic acid groups (broad SMARTS) is 1. The number of amides is 1. The van der Waals surface area contributed by atoms with Gasteiger partial charge in [0.2, 0.25) is 0 Å². The monoisotopic (exact) mass is 513 g/mol. The number of nitrogens with one attached hydrogen (secondary N) is 1. The number of nitrogens with zero attached hydrogens (tertiary/aromatic N) is 2. The van der Waals surface area contributed by atoms with Crippen LogP contribution in [0.25, 0.3) is 11.0 Å². The van der Waals surface area contributed by atoms with Gasteiger partial charge in [-0.3, -0.25) is 9.59 Å². The molecule has 3 aromatic carbocycles. The molecule has 38 heavy (non-hydrogen) atoms. The van der Waals surface area contributed by atoms with Gasteiger partial charge in [-0.05, 0) is 74.6 Å². The van der Waals surface area contributed by atoms with Gasteiger partial charge in [-0.15, -0.1) is 0 Å². The molecule has 0 saturated heterocycles. The van der Waals surface area contributed by atoms with Crippen LogP contribution in [0.15, 0.2) is 54.9 Å². The smallest absolute Gasteiger partial charge is 0.305 e. The van der Waals surface area contributed by atoms with Gasteiger partial charge >= 0.3 is 5.97 Å². The van der Waals surface area contributed by atoms with Crippen LogP contribution in [0.2, 0.25) is 0 Å². The Labute approximate surface area is 220 Å². The molecule has 0 bridgehead atoms.